The zero-order valence-corrected chi connectivity index (χ0v) is 12.3. The van der Waals surface area contributed by atoms with Crippen LogP contribution in [0.2, 0.25) is 0 Å². The number of aryl methyl sites for hydroxylation is 1. The third kappa shape index (κ3) is 3.88. The molecule has 0 aliphatic heterocycles. The number of hydrogen-bond donors (Lipinski definition) is 1. The molecule has 2 aromatic rings. The molecule has 1 heterocycles. The highest BCUT2D eigenvalue weighted by atomic mass is 16.5. The second kappa shape index (κ2) is 6.97. The Kier molecular flexibility index (Phi) is 5.04. The van der Waals surface area contributed by atoms with E-state index in [1.165, 1.54) is 0 Å². The summed E-state index contributed by atoms with van der Waals surface area (Å²) in [4.78, 5) is 11.5. The van der Waals surface area contributed by atoms with Crippen molar-refractivity contribution in [3.63, 3.8) is 0 Å². The smallest absolute Gasteiger partial charge is 0.311 e. The van der Waals surface area contributed by atoms with E-state index < -0.39 is 11.9 Å². The van der Waals surface area contributed by atoms with Crippen LogP contribution in [0, 0.1) is 6.92 Å². The van der Waals surface area contributed by atoms with Crippen LogP contribution in [0.15, 0.2) is 41.0 Å². The Bertz CT molecular complexity index is 587. The van der Waals surface area contributed by atoms with Crippen molar-refractivity contribution in [2.75, 3.05) is 6.61 Å². The number of benzene rings is 1. The summed E-state index contributed by atoms with van der Waals surface area (Å²) in [5.41, 5.74) is 1.71. The topological polar surface area (TPSA) is 59.7 Å². The Balaban J connectivity index is 2.20. The van der Waals surface area contributed by atoms with Gasteiger partial charge in [-0.1, -0.05) is 19.1 Å². The van der Waals surface area contributed by atoms with Crippen molar-refractivity contribution in [1.82, 2.24) is 0 Å². The van der Waals surface area contributed by atoms with Crippen molar-refractivity contribution in [2.24, 2.45) is 0 Å². The van der Waals surface area contributed by atoms with Gasteiger partial charge in [-0.05, 0) is 42.7 Å². The van der Waals surface area contributed by atoms with Crippen molar-refractivity contribution >= 4 is 5.97 Å². The first kappa shape index (κ1) is 15.2. The molecule has 1 N–H and O–H groups in total. The lowest BCUT2D eigenvalue weighted by Gasteiger charge is -2.14. The molecule has 4 nitrogen and oxygen atoms in total. The van der Waals surface area contributed by atoms with Gasteiger partial charge in [0.05, 0.1) is 18.8 Å². The minimum atomic E-state index is -0.854. The zero-order valence-electron chi connectivity index (χ0n) is 12.3. The lowest BCUT2D eigenvalue weighted by atomic mass is 9.93. The van der Waals surface area contributed by atoms with Crippen LogP contribution in [-0.2, 0) is 11.2 Å². The van der Waals surface area contributed by atoms with E-state index >= 15 is 0 Å². The van der Waals surface area contributed by atoms with Gasteiger partial charge in [0.1, 0.15) is 11.5 Å². The number of aliphatic carboxylic acids is 1. The summed E-state index contributed by atoms with van der Waals surface area (Å²) < 4.78 is 10.9. The van der Waals surface area contributed by atoms with E-state index in [0.29, 0.717) is 18.8 Å². The van der Waals surface area contributed by atoms with Gasteiger partial charge in [0.15, 0.2) is 0 Å². The van der Waals surface area contributed by atoms with E-state index in [2.05, 4.69) is 0 Å². The van der Waals surface area contributed by atoms with Gasteiger partial charge in [-0.25, -0.2) is 0 Å². The maximum atomic E-state index is 11.5. The fraction of sp³-hybridized carbons (Fsp3) is 0.353. The Morgan fingerprint density at radius 3 is 2.76 bits per heavy atom. The fourth-order valence-corrected chi connectivity index (χ4v) is 2.24. The number of carboxylic acids is 1. The molecule has 0 saturated heterocycles. The molecule has 0 aliphatic rings. The SMILES string of the molecule is CCCOc1ccc(C(Cc2ccco2)C(=O)O)cc1C. The molecule has 0 saturated carbocycles. The molecule has 0 fully saturated rings. The van der Waals surface area contributed by atoms with Gasteiger partial charge >= 0.3 is 5.97 Å². The fourth-order valence-electron chi connectivity index (χ4n) is 2.24. The molecule has 4 heteroatoms. The summed E-state index contributed by atoms with van der Waals surface area (Å²) in [7, 11) is 0. The van der Waals surface area contributed by atoms with Gasteiger partial charge in [0.25, 0.3) is 0 Å². The van der Waals surface area contributed by atoms with Crippen LogP contribution in [-0.4, -0.2) is 17.7 Å². The highest BCUT2D eigenvalue weighted by Crippen LogP contribution is 2.27. The number of furan rings is 1. The largest absolute Gasteiger partial charge is 0.493 e. The number of ether oxygens (including phenoxy) is 1. The maximum Gasteiger partial charge on any atom is 0.311 e. The third-order valence-corrected chi connectivity index (χ3v) is 3.35. The lowest BCUT2D eigenvalue weighted by Crippen LogP contribution is -2.14. The minimum Gasteiger partial charge on any atom is -0.493 e. The predicted octanol–water partition coefficient (Wildman–Crippen LogP) is 3.79. The molecule has 0 aliphatic carbocycles. The van der Waals surface area contributed by atoms with Crippen LogP contribution in [0.4, 0.5) is 0 Å². The van der Waals surface area contributed by atoms with Crippen molar-refractivity contribution in [3.8, 4) is 5.75 Å². The average molecular weight is 288 g/mol. The van der Waals surface area contributed by atoms with Gasteiger partial charge in [-0.15, -0.1) is 0 Å². The van der Waals surface area contributed by atoms with Crippen molar-refractivity contribution in [3.05, 3.63) is 53.5 Å². The van der Waals surface area contributed by atoms with Gasteiger partial charge in [-0.2, -0.15) is 0 Å². The monoisotopic (exact) mass is 288 g/mol. The first-order valence-corrected chi connectivity index (χ1v) is 7.10. The van der Waals surface area contributed by atoms with E-state index in [1.807, 2.05) is 32.0 Å². The second-order valence-corrected chi connectivity index (χ2v) is 5.05. The van der Waals surface area contributed by atoms with Crippen molar-refractivity contribution in [2.45, 2.75) is 32.6 Å². The molecule has 112 valence electrons. The minimum absolute atomic E-state index is 0.344. The van der Waals surface area contributed by atoms with Gasteiger partial charge < -0.3 is 14.3 Å². The number of carboxylic acid groups (broad SMARTS) is 1. The summed E-state index contributed by atoms with van der Waals surface area (Å²) in [6.45, 7) is 4.64. The summed E-state index contributed by atoms with van der Waals surface area (Å²) in [5.74, 6) is 0.0113. The van der Waals surface area contributed by atoms with Gasteiger partial charge in [0, 0.05) is 6.42 Å². The molecule has 1 atom stereocenters. The van der Waals surface area contributed by atoms with Gasteiger partial charge in [-0.3, -0.25) is 4.79 Å². The summed E-state index contributed by atoms with van der Waals surface area (Å²) in [5, 5.41) is 9.45. The van der Waals surface area contributed by atoms with Crippen LogP contribution in [0.25, 0.3) is 0 Å². The second-order valence-electron chi connectivity index (χ2n) is 5.05. The van der Waals surface area contributed by atoms with E-state index in [1.54, 1.807) is 18.4 Å². The molecule has 1 unspecified atom stereocenters. The Morgan fingerprint density at radius 2 is 2.19 bits per heavy atom. The van der Waals surface area contributed by atoms with E-state index in [9.17, 15) is 9.90 Å². The van der Waals surface area contributed by atoms with E-state index in [4.69, 9.17) is 9.15 Å². The van der Waals surface area contributed by atoms with Crippen LogP contribution in [0.1, 0.15) is 36.1 Å². The highest BCUT2D eigenvalue weighted by molar-refractivity contribution is 5.76. The highest BCUT2D eigenvalue weighted by Gasteiger charge is 2.22. The summed E-state index contributed by atoms with van der Waals surface area (Å²) in [6.07, 6.45) is 2.84. The van der Waals surface area contributed by atoms with Crippen LogP contribution < -0.4 is 4.74 Å². The Hall–Kier alpha value is -2.23. The summed E-state index contributed by atoms with van der Waals surface area (Å²) in [6, 6.07) is 9.10. The third-order valence-electron chi connectivity index (χ3n) is 3.35. The van der Waals surface area contributed by atoms with Gasteiger partial charge in [0.2, 0.25) is 0 Å². The quantitative estimate of drug-likeness (QED) is 0.842. The number of carbonyl (C=O) groups is 1. The molecule has 0 amide bonds. The molecular weight excluding hydrogens is 268 g/mol. The molecule has 0 bridgehead atoms. The molecule has 0 radical (unpaired) electrons. The first-order valence-electron chi connectivity index (χ1n) is 7.10. The predicted molar refractivity (Wildman–Crippen MR) is 79.8 cm³/mol. The Labute approximate surface area is 124 Å². The first-order chi connectivity index (χ1) is 10.1. The molecule has 1 aromatic carbocycles. The maximum absolute atomic E-state index is 11.5. The summed E-state index contributed by atoms with van der Waals surface area (Å²) >= 11 is 0. The normalized spacial score (nSPS) is 12.1. The number of rotatable bonds is 7. The molecule has 0 spiro atoms. The van der Waals surface area contributed by atoms with Crippen LogP contribution in [0.3, 0.4) is 0 Å². The number of hydrogen-bond acceptors (Lipinski definition) is 3. The van der Waals surface area contributed by atoms with E-state index in [-0.39, 0.29) is 0 Å². The van der Waals surface area contributed by atoms with Crippen molar-refractivity contribution < 1.29 is 19.1 Å². The standard InChI is InChI=1S/C17H20O4/c1-3-8-21-16-7-6-13(10-12(16)2)15(17(18)19)11-14-5-4-9-20-14/h4-7,9-10,15H,3,8,11H2,1-2H3,(H,18,19). The average Bonchev–Trinajstić information content (AvgIpc) is 2.96. The molecule has 1 aromatic heterocycles. The van der Waals surface area contributed by atoms with Crippen LogP contribution in [0.5, 0.6) is 5.75 Å². The Morgan fingerprint density at radius 1 is 1.38 bits per heavy atom. The zero-order chi connectivity index (χ0) is 15.2. The van der Waals surface area contributed by atoms with Crippen LogP contribution >= 0.6 is 0 Å². The molecule has 21 heavy (non-hydrogen) atoms. The van der Waals surface area contributed by atoms with Crippen molar-refractivity contribution in [1.29, 1.82) is 0 Å². The lowest BCUT2D eigenvalue weighted by molar-refractivity contribution is -0.138. The molecular formula is C17H20O4. The van der Waals surface area contributed by atoms with E-state index in [0.717, 1.165) is 23.3 Å². The molecule has 2 rings (SSSR count).